The van der Waals surface area contributed by atoms with Gasteiger partial charge in [-0.2, -0.15) is 0 Å². The predicted octanol–water partition coefficient (Wildman–Crippen LogP) is 3.17. The van der Waals surface area contributed by atoms with E-state index < -0.39 is 0 Å². The first-order valence-corrected chi connectivity index (χ1v) is 7.82. The number of anilines is 1. The van der Waals surface area contributed by atoms with Gasteiger partial charge in [0.05, 0.1) is 6.10 Å². The average Bonchev–Trinajstić information content (AvgIpc) is 2.38. The number of hydrogen-bond donors (Lipinski definition) is 2. The standard InChI is InChI=1S/C15H21BrN2O2/c1-10(2)20-14-8-12(16)7-13(9-14)18-15(19)11-3-5-17-6-4-11/h7-11,17H,3-6H2,1-2H3,(H,18,19). The fourth-order valence-corrected chi connectivity index (χ4v) is 2.78. The summed E-state index contributed by atoms with van der Waals surface area (Å²) in [6.45, 7) is 5.79. The zero-order chi connectivity index (χ0) is 14.5. The summed E-state index contributed by atoms with van der Waals surface area (Å²) in [6.07, 6.45) is 1.90. The van der Waals surface area contributed by atoms with Gasteiger partial charge in [0.2, 0.25) is 5.91 Å². The Morgan fingerprint density at radius 2 is 2.05 bits per heavy atom. The van der Waals surface area contributed by atoms with Crippen LogP contribution in [0.25, 0.3) is 0 Å². The number of hydrogen-bond acceptors (Lipinski definition) is 3. The molecular formula is C15H21BrN2O2. The molecule has 1 aliphatic heterocycles. The van der Waals surface area contributed by atoms with Crippen LogP contribution in [0, 0.1) is 5.92 Å². The van der Waals surface area contributed by atoms with Gasteiger partial charge in [-0.25, -0.2) is 0 Å². The molecule has 110 valence electrons. The highest BCUT2D eigenvalue weighted by molar-refractivity contribution is 9.10. The zero-order valence-electron chi connectivity index (χ0n) is 11.9. The number of benzene rings is 1. The summed E-state index contributed by atoms with van der Waals surface area (Å²) in [6, 6.07) is 5.66. The molecule has 4 nitrogen and oxygen atoms in total. The summed E-state index contributed by atoms with van der Waals surface area (Å²) < 4.78 is 6.57. The highest BCUT2D eigenvalue weighted by Gasteiger charge is 2.21. The Kier molecular flexibility index (Phi) is 5.43. The summed E-state index contributed by atoms with van der Waals surface area (Å²) in [4.78, 5) is 12.2. The maximum Gasteiger partial charge on any atom is 0.227 e. The van der Waals surface area contributed by atoms with Crippen LogP contribution in [0.15, 0.2) is 22.7 Å². The van der Waals surface area contributed by atoms with E-state index in [0.717, 1.165) is 41.8 Å². The number of carbonyl (C=O) groups excluding carboxylic acids is 1. The molecule has 5 heteroatoms. The SMILES string of the molecule is CC(C)Oc1cc(Br)cc(NC(=O)C2CCNCC2)c1. The summed E-state index contributed by atoms with van der Waals surface area (Å²) in [5.41, 5.74) is 0.776. The molecule has 0 radical (unpaired) electrons. The lowest BCUT2D eigenvalue weighted by atomic mass is 9.97. The summed E-state index contributed by atoms with van der Waals surface area (Å²) >= 11 is 3.45. The third-order valence-electron chi connectivity index (χ3n) is 3.22. The van der Waals surface area contributed by atoms with Gasteiger partial charge in [0.25, 0.3) is 0 Å². The van der Waals surface area contributed by atoms with Crippen molar-refractivity contribution < 1.29 is 9.53 Å². The summed E-state index contributed by atoms with van der Waals surface area (Å²) in [5, 5.41) is 6.26. The molecule has 0 aliphatic carbocycles. The van der Waals surface area contributed by atoms with Gasteiger partial charge in [0.15, 0.2) is 0 Å². The van der Waals surface area contributed by atoms with E-state index in [4.69, 9.17) is 4.74 Å². The van der Waals surface area contributed by atoms with Gasteiger partial charge in [0, 0.05) is 22.1 Å². The lowest BCUT2D eigenvalue weighted by Gasteiger charge is -2.22. The van der Waals surface area contributed by atoms with Crippen LogP contribution in [-0.4, -0.2) is 25.1 Å². The van der Waals surface area contributed by atoms with Crippen LogP contribution in [0.4, 0.5) is 5.69 Å². The molecule has 20 heavy (non-hydrogen) atoms. The Bertz CT molecular complexity index is 471. The van der Waals surface area contributed by atoms with Gasteiger partial charge in [-0.15, -0.1) is 0 Å². The molecule has 1 heterocycles. The molecular weight excluding hydrogens is 320 g/mol. The van der Waals surface area contributed by atoms with E-state index in [1.54, 1.807) is 0 Å². The second-order valence-electron chi connectivity index (χ2n) is 5.36. The second kappa shape index (κ2) is 7.09. The summed E-state index contributed by atoms with van der Waals surface area (Å²) in [5.74, 6) is 0.958. The normalized spacial score (nSPS) is 16.2. The lowest BCUT2D eigenvalue weighted by molar-refractivity contribution is -0.120. The third kappa shape index (κ3) is 4.49. The van der Waals surface area contributed by atoms with E-state index in [-0.39, 0.29) is 17.9 Å². The Morgan fingerprint density at radius 3 is 2.70 bits per heavy atom. The lowest BCUT2D eigenvalue weighted by Crippen LogP contribution is -2.34. The highest BCUT2D eigenvalue weighted by atomic mass is 79.9. The molecule has 0 unspecified atom stereocenters. The number of nitrogens with one attached hydrogen (secondary N) is 2. The van der Waals surface area contributed by atoms with E-state index in [1.807, 2.05) is 32.0 Å². The Morgan fingerprint density at radius 1 is 1.35 bits per heavy atom. The van der Waals surface area contributed by atoms with E-state index in [9.17, 15) is 4.79 Å². The average molecular weight is 341 g/mol. The third-order valence-corrected chi connectivity index (χ3v) is 3.68. The maximum absolute atomic E-state index is 12.2. The predicted molar refractivity (Wildman–Crippen MR) is 84.1 cm³/mol. The minimum atomic E-state index is 0.0973. The van der Waals surface area contributed by atoms with Crippen molar-refractivity contribution in [1.82, 2.24) is 5.32 Å². The second-order valence-corrected chi connectivity index (χ2v) is 6.27. The Labute approximate surface area is 128 Å². The maximum atomic E-state index is 12.2. The van der Waals surface area contributed by atoms with Crippen molar-refractivity contribution in [2.75, 3.05) is 18.4 Å². The molecule has 0 atom stereocenters. The number of amides is 1. The molecule has 0 aromatic heterocycles. The van der Waals surface area contributed by atoms with E-state index in [1.165, 1.54) is 0 Å². The van der Waals surface area contributed by atoms with Gasteiger partial charge in [-0.1, -0.05) is 15.9 Å². The van der Waals surface area contributed by atoms with E-state index in [2.05, 4.69) is 26.6 Å². The molecule has 1 aromatic rings. The Hall–Kier alpha value is -1.07. The van der Waals surface area contributed by atoms with Crippen LogP contribution in [0.3, 0.4) is 0 Å². The minimum absolute atomic E-state index is 0.0973. The van der Waals surface area contributed by atoms with Gasteiger partial charge in [-0.05, 0) is 51.9 Å². The van der Waals surface area contributed by atoms with Crippen molar-refractivity contribution >= 4 is 27.5 Å². The molecule has 0 spiro atoms. The van der Waals surface area contributed by atoms with Crippen LogP contribution >= 0.6 is 15.9 Å². The molecule has 2 N–H and O–H groups in total. The number of rotatable bonds is 4. The van der Waals surface area contributed by atoms with E-state index in [0.29, 0.717) is 0 Å². The Balaban J connectivity index is 2.04. The van der Waals surface area contributed by atoms with Crippen molar-refractivity contribution in [2.45, 2.75) is 32.8 Å². The van der Waals surface area contributed by atoms with Gasteiger partial charge in [0.1, 0.15) is 5.75 Å². The number of halogens is 1. The topological polar surface area (TPSA) is 50.4 Å². The van der Waals surface area contributed by atoms with Crippen molar-refractivity contribution in [1.29, 1.82) is 0 Å². The quantitative estimate of drug-likeness (QED) is 0.884. The van der Waals surface area contributed by atoms with Crippen LogP contribution in [0.1, 0.15) is 26.7 Å². The van der Waals surface area contributed by atoms with Gasteiger partial charge < -0.3 is 15.4 Å². The first kappa shape index (κ1) is 15.3. The van der Waals surface area contributed by atoms with E-state index >= 15 is 0 Å². The van der Waals surface area contributed by atoms with Gasteiger partial charge >= 0.3 is 0 Å². The molecule has 1 amide bonds. The first-order chi connectivity index (χ1) is 9.54. The first-order valence-electron chi connectivity index (χ1n) is 7.03. The van der Waals surface area contributed by atoms with Crippen molar-refractivity contribution in [3.63, 3.8) is 0 Å². The molecule has 1 aliphatic rings. The highest BCUT2D eigenvalue weighted by Crippen LogP contribution is 2.26. The molecule has 1 saturated heterocycles. The van der Waals surface area contributed by atoms with Crippen LogP contribution in [-0.2, 0) is 4.79 Å². The van der Waals surface area contributed by atoms with Crippen molar-refractivity contribution in [3.05, 3.63) is 22.7 Å². The fourth-order valence-electron chi connectivity index (χ4n) is 2.30. The molecule has 2 rings (SSSR count). The van der Waals surface area contributed by atoms with Crippen LogP contribution < -0.4 is 15.4 Å². The molecule has 0 bridgehead atoms. The summed E-state index contributed by atoms with van der Waals surface area (Å²) in [7, 11) is 0. The molecule has 0 saturated carbocycles. The monoisotopic (exact) mass is 340 g/mol. The van der Waals surface area contributed by atoms with Crippen molar-refractivity contribution in [3.8, 4) is 5.75 Å². The van der Waals surface area contributed by atoms with Gasteiger partial charge in [-0.3, -0.25) is 4.79 Å². The zero-order valence-corrected chi connectivity index (χ0v) is 13.5. The van der Waals surface area contributed by atoms with Crippen molar-refractivity contribution in [2.24, 2.45) is 5.92 Å². The molecule has 1 aromatic carbocycles. The van der Waals surface area contributed by atoms with Crippen LogP contribution in [0.2, 0.25) is 0 Å². The molecule has 1 fully saturated rings. The minimum Gasteiger partial charge on any atom is -0.491 e. The number of carbonyl (C=O) groups is 1. The number of piperidine rings is 1. The number of ether oxygens (including phenoxy) is 1. The smallest absolute Gasteiger partial charge is 0.227 e. The fraction of sp³-hybridized carbons (Fsp3) is 0.533. The largest absolute Gasteiger partial charge is 0.491 e. The van der Waals surface area contributed by atoms with Crippen LogP contribution in [0.5, 0.6) is 5.75 Å².